The molecule has 0 unspecified atom stereocenters. The van der Waals surface area contributed by atoms with Gasteiger partial charge in [-0.25, -0.2) is 8.42 Å². The molecule has 0 saturated heterocycles. The van der Waals surface area contributed by atoms with E-state index in [4.69, 9.17) is 23.2 Å². The van der Waals surface area contributed by atoms with Crippen LogP contribution in [0.5, 0.6) is 0 Å². The number of hydrogen-bond acceptors (Lipinski definition) is 3. The van der Waals surface area contributed by atoms with Crippen LogP contribution >= 0.6 is 23.2 Å². The molecule has 3 aromatic carbocycles. The Bertz CT molecular complexity index is 1160. The number of nitrogens with one attached hydrogen (secondary N) is 2. The molecule has 3 aromatic rings. The number of carbonyl (C=O) groups is 1. The maximum Gasteiger partial charge on any atom is 0.257 e. The summed E-state index contributed by atoms with van der Waals surface area (Å²) in [6.07, 6.45) is 0. The van der Waals surface area contributed by atoms with Crippen molar-refractivity contribution in [1.82, 2.24) is 0 Å². The first-order chi connectivity index (χ1) is 13.7. The molecule has 0 fully saturated rings. The lowest BCUT2D eigenvalue weighted by molar-refractivity contribution is 0.102. The van der Waals surface area contributed by atoms with E-state index in [2.05, 4.69) is 10.0 Å². The molecule has 0 aliphatic heterocycles. The summed E-state index contributed by atoms with van der Waals surface area (Å²) in [5, 5.41) is 3.62. The van der Waals surface area contributed by atoms with Gasteiger partial charge < -0.3 is 5.32 Å². The van der Waals surface area contributed by atoms with Crippen LogP contribution in [0, 0.1) is 6.92 Å². The third-order valence-corrected chi connectivity index (χ3v) is 6.17. The van der Waals surface area contributed by atoms with Gasteiger partial charge in [0.1, 0.15) is 0 Å². The second-order valence-electron chi connectivity index (χ2n) is 6.42. The number of halogens is 2. The largest absolute Gasteiger partial charge is 0.322 e. The number of rotatable bonds is 6. The Morgan fingerprint density at radius 1 is 0.931 bits per heavy atom. The third-order valence-electron chi connectivity index (χ3n) is 4.17. The molecule has 3 rings (SSSR count). The van der Waals surface area contributed by atoms with E-state index in [1.165, 1.54) is 6.07 Å². The summed E-state index contributed by atoms with van der Waals surface area (Å²) in [6.45, 7) is 1.86. The van der Waals surface area contributed by atoms with E-state index < -0.39 is 15.9 Å². The molecule has 8 heteroatoms. The summed E-state index contributed by atoms with van der Waals surface area (Å²) >= 11 is 12.2. The number of aryl methyl sites for hydroxylation is 1. The Labute approximate surface area is 179 Å². The molecule has 0 saturated carbocycles. The van der Waals surface area contributed by atoms with Gasteiger partial charge in [0.2, 0.25) is 10.0 Å². The molecule has 0 radical (unpaired) electrons. The summed E-state index contributed by atoms with van der Waals surface area (Å²) in [5.74, 6) is -0.767. The summed E-state index contributed by atoms with van der Waals surface area (Å²) in [6, 6.07) is 18.2. The highest BCUT2D eigenvalue weighted by atomic mass is 35.5. The number of sulfonamides is 1. The fourth-order valence-corrected chi connectivity index (χ4v) is 4.37. The Kier molecular flexibility index (Phi) is 6.47. The van der Waals surface area contributed by atoms with Crippen molar-refractivity contribution in [1.29, 1.82) is 0 Å². The van der Waals surface area contributed by atoms with Crippen LogP contribution in [0.1, 0.15) is 21.5 Å². The van der Waals surface area contributed by atoms with Gasteiger partial charge in [0.15, 0.2) is 0 Å². The molecule has 5 nitrogen and oxygen atoms in total. The molecule has 0 aromatic heterocycles. The zero-order valence-corrected chi connectivity index (χ0v) is 17.8. The number of anilines is 2. The molecular weight excluding hydrogens is 431 g/mol. The zero-order valence-electron chi connectivity index (χ0n) is 15.4. The van der Waals surface area contributed by atoms with E-state index in [1.807, 2.05) is 6.92 Å². The van der Waals surface area contributed by atoms with Crippen LogP contribution < -0.4 is 10.0 Å². The van der Waals surface area contributed by atoms with E-state index in [1.54, 1.807) is 60.7 Å². The second kappa shape index (κ2) is 8.86. The van der Waals surface area contributed by atoms with Gasteiger partial charge in [0.05, 0.1) is 17.0 Å². The monoisotopic (exact) mass is 448 g/mol. The smallest absolute Gasteiger partial charge is 0.257 e. The molecule has 0 aliphatic carbocycles. The Hall–Kier alpha value is -2.54. The van der Waals surface area contributed by atoms with Crippen LogP contribution in [0.2, 0.25) is 10.0 Å². The first-order valence-electron chi connectivity index (χ1n) is 8.65. The van der Waals surface area contributed by atoms with Crippen molar-refractivity contribution < 1.29 is 13.2 Å². The van der Waals surface area contributed by atoms with E-state index >= 15 is 0 Å². The first-order valence-corrected chi connectivity index (χ1v) is 11.1. The third kappa shape index (κ3) is 5.50. The number of benzene rings is 3. The molecule has 2 N–H and O–H groups in total. The number of amides is 1. The maximum atomic E-state index is 12.7. The molecule has 0 spiro atoms. The Morgan fingerprint density at radius 3 is 2.34 bits per heavy atom. The summed E-state index contributed by atoms with van der Waals surface area (Å²) in [5.41, 5.74) is 2.23. The first kappa shape index (κ1) is 21.2. The predicted octanol–water partition coefficient (Wildman–Crippen LogP) is 5.50. The van der Waals surface area contributed by atoms with Gasteiger partial charge in [0.25, 0.3) is 5.91 Å². The van der Waals surface area contributed by atoms with Gasteiger partial charge >= 0.3 is 0 Å². The highest BCUT2D eigenvalue weighted by Crippen LogP contribution is 2.24. The molecule has 0 heterocycles. The van der Waals surface area contributed by atoms with Crippen molar-refractivity contribution in [3.05, 3.63) is 93.5 Å². The lowest BCUT2D eigenvalue weighted by atomic mass is 10.1. The van der Waals surface area contributed by atoms with Gasteiger partial charge in [-0.15, -0.1) is 0 Å². The summed E-state index contributed by atoms with van der Waals surface area (Å²) in [4.78, 5) is 12.7. The minimum atomic E-state index is -3.79. The van der Waals surface area contributed by atoms with Gasteiger partial charge in [-0.3, -0.25) is 9.52 Å². The fourth-order valence-electron chi connectivity index (χ4n) is 2.66. The van der Waals surface area contributed by atoms with Crippen molar-refractivity contribution in [3.8, 4) is 0 Å². The van der Waals surface area contributed by atoms with Gasteiger partial charge in [-0.05, 0) is 48.4 Å². The predicted molar refractivity (Wildman–Crippen MR) is 118 cm³/mol. The molecule has 0 atom stereocenters. The Balaban J connectivity index is 1.81. The second-order valence-corrected chi connectivity index (χ2v) is 8.95. The van der Waals surface area contributed by atoms with Crippen LogP contribution in [0.3, 0.4) is 0 Å². The van der Waals surface area contributed by atoms with Crippen LogP contribution in [-0.4, -0.2) is 14.3 Å². The minimum Gasteiger partial charge on any atom is -0.322 e. The SMILES string of the molecule is Cc1ccc(NC(=O)c2ccccc2NS(=O)(=O)Cc2ccccc2Cl)cc1Cl. The van der Waals surface area contributed by atoms with Crippen LogP contribution in [0.15, 0.2) is 66.7 Å². The molecule has 29 heavy (non-hydrogen) atoms. The molecule has 0 aliphatic rings. The lowest BCUT2D eigenvalue weighted by Gasteiger charge is -2.13. The molecule has 0 bridgehead atoms. The van der Waals surface area contributed by atoms with Crippen molar-refractivity contribution in [2.45, 2.75) is 12.7 Å². The number of carbonyl (C=O) groups excluding carboxylic acids is 1. The maximum absolute atomic E-state index is 12.7. The van der Waals surface area contributed by atoms with Gasteiger partial charge in [-0.2, -0.15) is 0 Å². The van der Waals surface area contributed by atoms with Crippen molar-refractivity contribution >= 4 is 50.5 Å². The quantitative estimate of drug-likeness (QED) is 0.522. The standard InChI is InChI=1S/C21H18Cl2N2O3S/c1-14-10-11-16(12-19(14)23)24-21(26)17-7-3-5-9-20(17)25-29(27,28)13-15-6-2-4-8-18(15)22/h2-12,25H,13H2,1H3,(H,24,26). The normalized spacial score (nSPS) is 11.1. The summed E-state index contributed by atoms with van der Waals surface area (Å²) < 4.78 is 27.7. The van der Waals surface area contributed by atoms with Crippen molar-refractivity contribution in [3.63, 3.8) is 0 Å². The topological polar surface area (TPSA) is 75.3 Å². The highest BCUT2D eigenvalue weighted by molar-refractivity contribution is 7.91. The van der Waals surface area contributed by atoms with Crippen LogP contribution in [0.4, 0.5) is 11.4 Å². The molecule has 150 valence electrons. The summed E-state index contributed by atoms with van der Waals surface area (Å²) in [7, 11) is -3.79. The van der Waals surface area contributed by atoms with E-state index in [9.17, 15) is 13.2 Å². The highest BCUT2D eigenvalue weighted by Gasteiger charge is 2.18. The fraction of sp³-hybridized carbons (Fsp3) is 0.0952. The zero-order chi connectivity index (χ0) is 21.0. The minimum absolute atomic E-state index is 0.176. The molecule has 1 amide bonds. The average Bonchev–Trinajstić information content (AvgIpc) is 2.66. The Morgan fingerprint density at radius 2 is 1.62 bits per heavy atom. The van der Waals surface area contributed by atoms with Gasteiger partial charge in [0, 0.05) is 15.7 Å². The lowest BCUT2D eigenvalue weighted by Crippen LogP contribution is -2.19. The van der Waals surface area contributed by atoms with E-state index in [-0.39, 0.29) is 17.0 Å². The van der Waals surface area contributed by atoms with Crippen molar-refractivity contribution in [2.75, 3.05) is 10.0 Å². The average molecular weight is 449 g/mol. The van der Waals surface area contributed by atoms with Crippen LogP contribution in [0.25, 0.3) is 0 Å². The van der Waals surface area contributed by atoms with Crippen LogP contribution in [-0.2, 0) is 15.8 Å². The van der Waals surface area contributed by atoms with Gasteiger partial charge in [-0.1, -0.05) is 59.6 Å². The van der Waals surface area contributed by atoms with E-state index in [0.29, 0.717) is 21.3 Å². The molecular formula is C21H18Cl2N2O3S. The number of para-hydroxylation sites is 1. The van der Waals surface area contributed by atoms with E-state index in [0.717, 1.165) is 5.56 Å². The van der Waals surface area contributed by atoms with Crippen molar-refractivity contribution in [2.24, 2.45) is 0 Å². The number of hydrogen-bond donors (Lipinski definition) is 2.